The standard InChI is InChI=1S/C11H18N2O3/c1-8(2)9-4-5-12-10(13-9)16-11(3,6-14)7-15/h4-5,8,14-15H,6-7H2,1-3H3. The van der Waals surface area contributed by atoms with Gasteiger partial charge < -0.3 is 14.9 Å². The maximum atomic E-state index is 9.08. The van der Waals surface area contributed by atoms with Crippen molar-refractivity contribution in [1.29, 1.82) is 0 Å². The Morgan fingerprint density at radius 2 is 2.00 bits per heavy atom. The molecule has 16 heavy (non-hydrogen) atoms. The second kappa shape index (κ2) is 5.23. The summed E-state index contributed by atoms with van der Waals surface area (Å²) in [7, 11) is 0. The first-order chi connectivity index (χ1) is 7.50. The van der Waals surface area contributed by atoms with Gasteiger partial charge in [0.25, 0.3) is 0 Å². The van der Waals surface area contributed by atoms with Crippen LogP contribution in [-0.2, 0) is 0 Å². The van der Waals surface area contributed by atoms with Crippen LogP contribution >= 0.6 is 0 Å². The molecule has 0 aromatic carbocycles. The van der Waals surface area contributed by atoms with E-state index in [2.05, 4.69) is 9.97 Å². The average Bonchev–Trinajstić information content (AvgIpc) is 2.29. The van der Waals surface area contributed by atoms with Gasteiger partial charge in [0.15, 0.2) is 5.60 Å². The SMILES string of the molecule is CC(C)c1ccnc(OC(C)(CO)CO)n1. The van der Waals surface area contributed by atoms with E-state index in [1.54, 1.807) is 13.1 Å². The molecule has 0 radical (unpaired) electrons. The van der Waals surface area contributed by atoms with Crippen LogP contribution in [0.3, 0.4) is 0 Å². The van der Waals surface area contributed by atoms with Crippen LogP contribution in [-0.4, -0.2) is 39.0 Å². The minimum Gasteiger partial charge on any atom is -0.452 e. The zero-order chi connectivity index (χ0) is 12.2. The van der Waals surface area contributed by atoms with Crippen LogP contribution in [0.4, 0.5) is 0 Å². The topological polar surface area (TPSA) is 75.5 Å². The van der Waals surface area contributed by atoms with Crippen molar-refractivity contribution in [2.24, 2.45) is 0 Å². The first-order valence-electron chi connectivity index (χ1n) is 5.24. The van der Waals surface area contributed by atoms with Crippen LogP contribution in [0.1, 0.15) is 32.4 Å². The highest BCUT2D eigenvalue weighted by Gasteiger charge is 2.25. The predicted molar refractivity (Wildman–Crippen MR) is 59.3 cm³/mol. The molecule has 0 aliphatic carbocycles. The van der Waals surface area contributed by atoms with Gasteiger partial charge in [-0.05, 0) is 18.9 Å². The first-order valence-corrected chi connectivity index (χ1v) is 5.24. The molecule has 0 fully saturated rings. The Balaban J connectivity index is 2.85. The van der Waals surface area contributed by atoms with Gasteiger partial charge in [-0.1, -0.05) is 13.8 Å². The highest BCUT2D eigenvalue weighted by Crippen LogP contribution is 2.17. The van der Waals surface area contributed by atoms with Crippen molar-refractivity contribution in [2.45, 2.75) is 32.3 Å². The summed E-state index contributed by atoms with van der Waals surface area (Å²) in [6.07, 6.45) is 1.60. The summed E-state index contributed by atoms with van der Waals surface area (Å²) in [6.45, 7) is 5.04. The van der Waals surface area contributed by atoms with E-state index in [9.17, 15) is 0 Å². The van der Waals surface area contributed by atoms with E-state index >= 15 is 0 Å². The van der Waals surface area contributed by atoms with E-state index in [-0.39, 0.29) is 25.1 Å². The van der Waals surface area contributed by atoms with E-state index in [0.717, 1.165) is 5.69 Å². The molecule has 0 saturated heterocycles. The fourth-order valence-corrected chi connectivity index (χ4v) is 1.06. The Labute approximate surface area is 95.1 Å². The molecule has 0 spiro atoms. The fraction of sp³-hybridized carbons (Fsp3) is 0.636. The largest absolute Gasteiger partial charge is 0.452 e. The van der Waals surface area contributed by atoms with Crippen LogP contribution in [0.2, 0.25) is 0 Å². The van der Waals surface area contributed by atoms with E-state index in [4.69, 9.17) is 14.9 Å². The van der Waals surface area contributed by atoms with Gasteiger partial charge in [-0.25, -0.2) is 4.98 Å². The molecular formula is C11H18N2O3. The van der Waals surface area contributed by atoms with Crippen molar-refractivity contribution in [1.82, 2.24) is 9.97 Å². The Hall–Kier alpha value is -1.20. The Morgan fingerprint density at radius 1 is 1.38 bits per heavy atom. The van der Waals surface area contributed by atoms with Crippen molar-refractivity contribution >= 4 is 0 Å². The lowest BCUT2D eigenvalue weighted by molar-refractivity contribution is -0.0256. The molecule has 1 aromatic rings. The molecule has 1 aromatic heterocycles. The molecule has 1 rings (SSSR count). The maximum Gasteiger partial charge on any atom is 0.317 e. The summed E-state index contributed by atoms with van der Waals surface area (Å²) in [6, 6.07) is 1.99. The van der Waals surface area contributed by atoms with Crippen LogP contribution in [0.15, 0.2) is 12.3 Å². The number of ether oxygens (including phenoxy) is 1. The molecule has 5 heteroatoms. The third-order valence-electron chi connectivity index (χ3n) is 2.25. The lowest BCUT2D eigenvalue weighted by Crippen LogP contribution is -2.41. The Kier molecular flexibility index (Phi) is 4.20. The molecule has 0 amide bonds. The predicted octanol–water partition coefficient (Wildman–Crippen LogP) is 0.722. The zero-order valence-electron chi connectivity index (χ0n) is 9.84. The van der Waals surface area contributed by atoms with Crippen LogP contribution in [0, 0.1) is 0 Å². The number of aromatic nitrogens is 2. The van der Waals surface area contributed by atoms with Crippen molar-refractivity contribution in [3.63, 3.8) is 0 Å². The molecular weight excluding hydrogens is 208 g/mol. The van der Waals surface area contributed by atoms with Crippen molar-refractivity contribution < 1.29 is 14.9 Å². The van der Waals surface area contributed by atoms with Gasteiger partial charge in [0.1, 0.15) is 0 Å². The molecule has 2 N–H and O–H groups in total. The number of aliphatic hydroxyl groups excluding tert-OH is 2. The highest BCUT2D eigenvalue weighted by atomic mass is 16.5. The molecule has 5 nitrogen and oxygen atoms in total. The summed E-state index contributed by atoms with van der Waals surface area (Å²) >= 11 is 0. The second-order valence-electron chi connectivity index (χ2n) is 4.29. The molecule has 0 aliphatic rings. The first kappa shape index (κ1) is 12.9. The van der Waals surface area contributed by atoms with E-state index in [1.165, 1.54) is 0 Å². The molecule has 0 unspecified atom stereocenters. The number of aliphatic hydroxyl groups is 2. The highest BCUT2D eigenvalue weighted by molar-refractivity contribution is 5.09. The minimum absolute atomic E-state index is 0.178. The summed E-state index contributed by atoms with van der Waals surface area (Å²) < 4.78 is 5.37. The van der Waals surface area contributed by atoms with Crippen molar-refractivity contribution in [3.8, 4) is 6.01 Å². The maximum absolute atomic E-state index is 9.08. The van der Waals surface area contributed by atoms with Crippen molar-refractivity contribution in [3.05, 3.63) is 18.0 Å². The zero-order valence-corrected chi connectivity index (χ0v) is 9.84. The third kappa shape index (κ3) is 3.15. The molecule has 0 atom stereocenters. The molecule has 1 heterocycles. The lowest BCUT2D eigenvalue weighted by atomic mass is 10.1. The normalized spacial score (nSPS) is 11.9. The quantitative estimate of drug-likeness (QED) is 0.773. The summed E-state index contributed by atoms with van der Waals surface area (Å²) in [5, 5.41) is 18.2. The van der Waals surface area contributed by atoms with Gasteiger partial charge in [0, 0.05) is 6.20 Å². The van der Waals surface area contributed by atoms with E-state index in [0.29, 0.717) is 0 Å². The third-order valence-corrected chi connectivity index (χ3v) is 2.25. The summed E-state index contributed by atoms with van der Waals surface area (Å²) in [5.41, 5.74) is -0.182. The van der Waals surface area contributed by atoms with Gasteiger partial charge in [-0.2, -0.15) is 4.98 Å². The van der Waals surface area contributed by atoms with Gasteiger partial charge in [0.2, 0.25) is 0 Å². The summed E-state index contributed by atoms with van der Waals surface area (Å²) in [4.78, 5) is 8.14. The van der Waals surface area contributed by atoms with E-state index in [1.807, 2.05) is 19.9 Å². The Morgan fingerprint density at radius 3 is 2.50 bits per heavy atom. The Bertz CT molecular complexity index is 338. The van der Waals surface area contributed by atoms with E-state index < -0.39 is 5.60 Å². The van der Waals surface area contributed by atoms with Gasteiger partial charge in [-0.15, -0.1) is 0 Å². The number of nitrogens with zero attached hydrogens (tertiary/aromatic N) is 2. The number of rotatable bonds is 5. The second-order valence-corrected chi connectivity index (χ2v) is 4.29. The fourth-order valence-electron chi connectivity index (χ4n) is 1.06. The lowest BCUT2D eigenvalue weighted by Gasteiger charge is -2.24. The van der Waals surface area contributed by atoms with Crippen LogP contribution in [0.5, 0.6) is 6.01 Å². The number of hydrogen-bond acceptors (Lipinski definition) is 5. The number of hydrogen-bond donors (Lipinski definition) is 2. The van der Waals surface area contributed by atoms with Gasteiger partial charge in [0.05, 0.1) is 18.9 Å². The van der Waals surface area contributed by atoms with Crippen LogP contribution < -0.4 is 4.74 Å². The van der Waals surface area contributed by atoms with Gasteiger partial charge >= 0.3 is 6.01 Å². The van der Waals surface area contributed by atoms with Crippen LogP contribution in [0.25, 0.3) is 0 Å². The molecule has 0 saturated carbocycles. The molecule has 0 aliphatic heterocycles. The summed E-state index contributed by atoms with van der Waals surface area (Å²) in [5.74, 6) is 0.278. The van der Waals surface area contributed by atoms with Gasteiger partial charge in [-0.3, -0.25) is 0 Å². The van der Waals surface area contributed by atoms with Crippen molar-refractivity contribution in [2.75, 3.05) is 13.2 Å². The minimum atomic E-state index is -1.05. The average molecular weight is 226 g/mol. The smallest absolute Gasteiger partial charge is 0.317 e. The molecule has 90 valence electrons. The monoisotopic (exact) mass is 226 g/mol. The molecule has 0 bridgehead atoms.